The van der Waals surface area contributed by atoms with Crippen molar-refractivity contribution in [1.29, 1.82) is 0 Å². The first-order chi connectivity index (χ1) is 9.40. The summed E-state index contributed by atoms with van der Waals surface area (Å²) in [5.74, 6) is 0.118. The quantitative estimate of drug-likeness (QED) is 0.520. The third-order valence-electron chi connectivity index (χ3n) is 2.62. The number of carbonyl (C=O) groups excluding carboxylic acids is 1. The fourth-order valence-corrected chi connectivity index (χ4v) is 1.48. The largest absolute Gasteiger partial charge is 0.398 e. The van der Waals surface area contributed by atoms with E-state index in [1.165, 1.54) is 0 Å². The van der Waals surface area contributed by atoms with Gasteiger partial charge in [-0.15, -0.1) is 0 Å². The van der Waals surface area contributed by atoms with Crippen molar-refractivity contribution in [2.45, 2.75) is 26.7 Å². The SMILES string of the molecule is C=C(CCN(/C=C\N(C)C)/C=C(N)/C=C\C)C(=O)CC. The maximum absolute atomic E-state index is 11.5. The van der Waals surface area contributed by atoms with Crippen molar-refractivity contribution in [3.63, 3.8) is 0 Å². The number of carbonyl (C=O) groups is 1. The van der Waals surface area contributed by atoms with E-state index in [9.17, 15) is 4.79 Å². The van der Waals surface area contributed by atoms with E-state index in [1.807, 2.05) is 68.5 Å². The predicted molar refractivity (Wildman–Crippen MR) is 85.7 cm³/mol. The molecule has 0 unspecified atom stereocenters. The molecule has 0 aromatic heterocycles. The van der Waals surface area contributed by atoms with Gasteiger partial charge in [0.25, 0.3) is 0 Å². The standard InChI is InChI=1S/C16H27N3O/c1-6-8-15(17)13-19(12-11-18(4)5)10-9-14(3)16(20)7-2/h6,8,11-13H,3,7,9-10,17H2,1-2,4-5H3/b8-6-,12-11-,15-13-. The average molecular weight is 277 g/mol. The van der Waals surface area contributed by atoms with Crippen molar-refractivity contribution in [2.24, 2.45) is 5.73 Å². The van der Waals surface area contributed by atoms with Crippen LogP contribution in [0.25, 0.3) is 0 Å². The van der Waals surface area contributed by atoms with E-state index in [1.54, 1.807) is 0 Å². The Bertz CT molecular complexity index is 406. The molecule has 0 aromatic rings. The van der Waals surface area contributed by atoms with Gasteiger partial charge in [0, 0.05) is 51.4 Å². The van der Waals surface area contributed by atoms with Crippen LogP contribution in [0.5, 0.6) is 0 Å². The van der Waals surface area contributed by atoms with Crippen LogP contribution >= 0.6 is 0 Å². The Morgan fingerprint density at radius 3 is 2.45 bits per heavy atom. The minimum Gasteiger partial charge on any atom is -0.398 e. The fraction of sp³-hybridized carbons (Fsp3) is 0.438. The Kier molecular flexibility index (Phi) is 8.92. The fourth-order valence-electron chi connectivity index (χ4n) is 1.48. The number of allylic oxidation sites excluding steroid dienone is 2. The number of hydrogen-bond acceptors (Lipinski definition) is 4. The Morgan fingerprint density at radius 1 is 1.30 bits per heavy atom. The molecule has 4 nitrogen and oxygen atoms in total. The van der Waals surface area contributed by atoms with Crippen molar-refractivity contribution in [2.75, 3.05) is 20.6 Å². The predicted octanol–water partition coefficient (Wildman–Crippen LogP) is 2.62. The molecular formula is C16H27N3O. The molecule has 0 heterocycles. The second-order valence-electron chi connectivity index (χ2n) is 4.76. The van der Waals surface area contributed by atoms with E-state index in [0.717, 1.165) is 0 Å². The Hall–Kier alpha value is -1.97. The summed E-state index contributed by atoms with van der Waals surface area (Å²) < 4.78 is 0. The molecule has 0 saturated heterocycles. The maximum Gasteiger partial charge on any atom is 0.158 e. The van der Waals surface area contributed by atoms with E-state index >= 15 is 0 Å². The van der Waals surface area contributed by atoms with Crippen molar-refractivity contribution in [1.82, 2.24) is 9.80 Å². The molecule has 0 radical (unpaired) electrons. The normalized spacial score (nSPS) is 12.1. The summed E-state index contributed by atoms with van der Waals surface area (Å²) in [5, 5.41) is 0. The number of nitrogens with zero attached hydrogens (tertiary/aromatic N) is 2. The first kappa shape index (κ1) is 18.0. The van der Waals surface area contributed by atoms with E-state index in [2.05, 4.69) is 6.58 Å². The van der Waals surface area contributed by atoms with Crippen LogP contribution in [0.15, 0.2) is 48.6 Å². The zero-order chi connectivity index (χ0) is 15.5. The van der Waals surface area contributed by atoms with Crippen LogP contribution in [0.3, 0.4) is 0 Å². The molecule has 0 aliphatic carbocycles. The number of ketones is 1. The van der Waals surface area contributed by atoms with Gasteiger partial charge in [0.15, 0.2) is 5.78 Å². The van der Waals surface area contributed by atoms with E-state index in [0.29, 0.717) is 30.7 Å². The van der Waals surface area contributed by atoms with Crippen LogP contribution in [-0.2, 0) is 4.79 Å². The molecule has 112 valence electrons. The summed E-state index contributed by atoms with van der Waals surface area (Å²) in [6, 6.07) is 0. The van der Waals surface area contributed by atoms with Gasteiger partial charge < -0.3 is 15.5 Å². The number of hydrogen-bond donors (Lipinski definition) is 1. The lowest BCUT2D eigenvalue weighted by Crippen LogP contribution is -2.17. The van der Waals surface area contributed by atoms with Crippen LogP contribution in [-0.4, -0.2) is 36.2 Å². The molecule has 0 atom stereocenters. The number of rotatable bonds is 9. The van der Waals surface area contributed by atoms with Gasteiger partial charge in [0.2, 0.25) is 0 Å². The van der Waals surface area contributed by atoms with E-state index in [-0.39, 0.29) is 5.78 Å². The second kappa shape index (κ2) is 9.89. The summed E-state index contributed by atoms with van der Waals surface area (Å²) in [6.45, 7) is 8.27. The van der Waals surface area contributed by atoms with Crippen LogP contribution in [0, 0.1) is 0 Å². The Morgan fingerprint density at radius 2 is 1.95 bits per heavy atom. The van der Waals surface area contributed by atoms with Crippen molar-refractivity contribution in [3.05, 3.63) is 48.6 Å². The summed E-state index contributed by atoms with van der Waals surface area (Å²) in [4.78, 5) is 15.4. The third-order valence-corrected chi connectivity index (χ3v) is 2.62. The third kappa shape index (κ3) is 8.19. The van der Waals surface area contributed by atoms with Crippen molar-refractivity contribution < 1.29 is 4.79 Å². The second-order valence-corrected chi connectivity index (χ2v) is 4.76. The molecule has 20 heavy (non-hydrogen) atoms. The van der Waals surface area contributed by atoms with Gasteiger partial charge in [-0.3, -0.25) is 4.79 Å². The summed E-state index contributed by atoms with van der Waals surface area (Å²) in [6.07, 6.45) is 10.6. The highest BCUT2D eigenvalue weighted by molar-refractivity contribution is 5.94. The molecule has 4 heteroatoms. The lowest BCUT2D eigenvalue weighted by molar-refractivity contribution is -0.115. The van der Waals surface area contributed by atoms with Crippen LogP contribution in [0.2, 0.25) is 0 Å². The Labute approximate surface area is 122 Å². The van der Waals surface area contributed by atoms with Gasteiger partial charge in [-0.05, 0) is 25.0 Å². The highest BCUT2D eigenvalue weighted by Gasteiger charge is 2.05. The van der Waals surface area contributed by atoms with Gasteiger partial charge >= 0.3 is 0 Å². The van der Waals surface area contributed by atoms with Crippen molar-refractivity contribution in [3.8, 4) is 0 Å². The zero-order valence-corrected chi connectivity index (χ0v) is 13.1. The smallest absolute Gasteiger partial charge is 0.158 e. The molecule has 0 aromatic carbocycles. The van der Waals surface area contributed by atoms with Crippen LogP contribution in [0.4, 0.5) is 0 Å². The maximum atomic E-state index is 11.5. The molecule has 0 rings (SSSR count). The topological polar surface area (TPSA) is 49.6 Å². The summed E-state index contributed by atoms with van der Waals surface area (Å²) in [5.41, 5.74) is 7.21. The average Bonchev–Trinajstić information content (AvgIpc) is 2.40. The summed E-state index contributed by atoms with van der Waals surface area (Å²) in [7, 11) is 3.90. The number of nitrogens with two attached hydrogens (primary N) is 1. The molecule has 0 spiro atoms. The van der Waals surface area contributed by atoms with Crippen molar-refractivity contribution >= 4 is 5.78 Å². The molecule has 0 amide bonds. The number of Topliss-reactive ketones (excluding diaryl/α,β-unsaturated/α-hetero) is 1. The first-order valence-electron chi connectivity index (χ1n) is 6.82. The van der Waals surface area contributed by atoms with Gasteiger partial charge in [0.05, 0.1) is 0 Å². The van der Waals surface area contributed by atoms with Gasteiger partial charge in [-0.1, -0.05) is 19.6 Å². The minimum atomic E-state index is 0.118. The monoisotopic (exact) mass is 277 g/mol. The highest BCUT2D eigenvalue weighted by Crippen LogP contribution is 2.07. The van der Waals surface area contributed by atoms with Gasteiger partial charge in [0.1, 0.15) is 0 Å². The molecule has 0 bridgehead atoms. The summed E-state index contributed by atoms with van der Waals surface area (Å²) >= 11 is 0. The minimum absolute atomic E-state index is 0.118. The Balaban J connectivity index is 4.74. The van der Waals surface area contributed by atoms with Gasteiger partial charge in [-0.25, -0.2) is 0 Å². The highest BCUT2D eigenvalue weighted by atomic mass is 16.1. The molecule has 2 N–H and O–H groups in total. The molecule has 0 aliphatic rings. The molecular weight excluding hydrogens is 250 g/mol. The lowest BCUT2D eigenvalue weighted by atomic mass is 10.1. The zero-order valence-electron chi connectivity index (χ0n) is 13.1. The molecule has 0 aliphatic heterocycles. The molecule has 0 fully saturated rings. The van der Waals surface area contributed by atoms with E-state index in [4.69, 9.17) is 5.73 Å². The van der Waals surface area contributed by atoms with Crippen LogP contribution in [0.1, 0.15) is 26.7 Å². The van der Waals surface area contributed by atoms with Crippen LogP contribution < -0.4 is 5.73 Å². The van der Waals surface area contributed by atoms with Gasteiger partial charge in [-0.2, -0.15) is 0 Å². The first-order valence-corrected chi connectivity index (χ1v) is 6.82. The van der Waals surface area contributed by atoms with E-state index < -0.39 is 0 Å². The molecule has 0 saturated carbocycles. The lowest BCUT2D eigenvalue weighted by Gasteiger charge is -2.18.